The minimum Gasteiger partial charge on any atom is -0.489 e. The second-order valence-electron chi connectivity index (χ2n) is 5.49. The van der Waals surface area contributed by atoms with Crippen LogP contribution >= 0.6 is 0 Å². The number of hydrogen-bond acceptors (Lipinski definition) is 4. The Hall–Kier alpha value is -1.75. The molecule has 1 aromatic carbocycles. The molecule has 1 aliphatic carbocycles. The molecule has 1 saturated carbocycles. The van der Waals surface area contributed by atoms with Crippen LogP contribution in [0.2, 0.25) is 0 Å². The molecule has 1 unspecified atom stereocenters. The van der Waals surface area contributed by atoms with Gasteiger partial charge in [0.1, 0.15) is 12.4 Å². The zero-order chi connectivity index (χ0) is 13.9. The second-order valence-corrected chi connectivity index (χ2v) is 5.49. The van der Waals surface area contributed by atoms with Gasteiger partial charge in [-0.1, -0.05) is 17.7 Å². The highest BCUT2D eigenvalue weighted by Gasteiger charge is 2.24. The molecule has 1 atom stereocenters. The Morgan fingerprint density at radius 2 is 2.30 bits per heavy atom. The fourth-order valence-electron chi connectivity index (χ4n) is 2.24. The number of ether oxygens (including phenoxy) is 2. The van der Waals surface area contributed by atoms with Gasteiger partial charge in [-0.25, -0.2) is 4.79 Å². The van der Waals surface area contributed by atoms with E-state index in [4.69, 9.17) is 9.47 Å². The SMILES string of the molecule is Cc1ccc(OCC2CNC(=O)O2)c(CNC2CC2)c1. The Morgan fingerprint density at radius 1 is 1.45 bits per heavy atom. The number of nitrogens with one attached hydrogen (secondary N) is 2. The molecular formula is C15H20N2O3. The Balaban J connectivity index is 1.59. The summed E-state index contributed by atoms with van der Waals surface area (Å²) in [6.07, 6.45) is 1.98. The summed E-state index contributed by atoms with van der Waals surface area (Å²) in [6.45, 7) is 3.80. The summed E-state index contributed by atoms with van der Waals surface area (Å²) in [7, 11) is 0. The largest absolute Gasteiger partial charge is 0.489 e. The van der Waals surface area contributed by atoms with E-state index in [2.05, 4.69) is 23.6 Å². The van der Waals surface area contributed by atoms with Crippen LogP contribution in [-0.2, 0) is 11.3 Å². The first kappa shape index (κ1) is 13.2. The molecule has 5 nitrogen and oxygen atoms in total. The van der Waals surface area contributed by atoms with Crippen molar-refractivity contribution in [1.82, 2.24) is 10.6 Å². The van der Waals surface area contributed by atoms with Crippen molar-refractivity contribution in [2.75, 3.05) is 13.2 Å². The maximum Gasteiger partial charge on any atom is 0.407 e. The van der Waals surface area contributed by atoms with E-state index >= 15 is 0 Å². The quantitative estimate of drug-likeness (QED) is 0.831. The highest BCUT2D eigenvalue weighted by Crippen LogP contribution is 2.24. The lowest BCUT2D eigenvalue weighted by Crippen LogP contribution is -2.23. The molecule has 2 aliphatic rings. The van der Waals surface area contributed by atoms with Gasteiger partial charge in [-0.15, -0.1) is 0 Å². The van der Waals surface area contributed by atoms with Crippen molar-refractivity contribution >= 4 is 6.09 Å². The van der Waals surface area contributed by atoms with Gasteiger partial charge in [0, 0.05) is 18.2 Å². The van der Waals surface area contributed by atoms with Crippen molar-refractivity contribution in [2.24, 2.45) is 0 Å². The maximum atomic E-state index is 11.0. The summed E-state index contributed by atoms with van der Waals surface area (Å²) in [6, 6.07) is 6.84. The molecule has 1 saturated heterocycles. The van der Waals surface area contributed by atoms with E-state index in [1.165, 1.54) is 18.4 Å². The Bertz CT molecular complexity index is 500. The fraction of sp³-hybridized carbons (Fsp3) is 0.533. The lowest BCUT2D eigenvalue weighted by molar-refractivity contribution is 0.104. The van der Waals surface area contributed by atoms with Crippen molar-refractivity contribution in [3.8, 4) is 5.75 Å². The molecule has 1 heterocycles. The third-order valence-electron chi connectivity index (χ3n) is 3.55. The van der Waals surface area contributed by atoms with Crippen LogP contribution in [0.15, 0.2) is 18.2 Å². The van der Waals surface area contributed by atoms with Crippen LogP contribution in [0.25, 0.3) is 0 Å². The summed E-state index contributed by atoms with van der Waals surface area (Å²) < 4.78 is 10.9. The van der Waals surface area contributed by atoms with Crippen molar-refractivity contribution in [3.63, 3.8) is 0 Å². The smallest absolute Gasteiger partial charge is 0.407 e. The molecule has 5 heteroatoms. The van der Waals surface area contributed by atoms with Crippen LogP contribution in [0.1, 0.15) is 24.0 Å². The first-order valence-electron chi connectivity index (χ1n) is 7.11. The Labute approximate surface area is 118 Å². The first-order valence-corrected chi connectivity index (χ1v) is 7.11. The van der Waals surface area contributed by atoms with Crippen LogP contribution in [0.4, 0.5) is 4.79 Å². The molecule has 0 spiro atoms. The molecule has 0 radical (unpaired) electrons. The van der Waals surface area contributed by atoms with E-state index in [-0.39, 0.29) is 12.2 Å². The predicted octanol–water partition coefficient (Wildman–Crippen LogP) is 1.73. The monoisotopic (exact) mass is 276 g/mol. The van der Waals surface area contributed by atoms with Crippen LogP contribution in [0, 0.1) is 6.92 Å². The number of carbonyl (C=O) groups is 1. The number of carbonyl (C=O) groups excluding carboxylic acids is 1. The van der Waals surface area contributed by atoms with E-state index in [1.807, 2.05) is 12.1 Å². The van der Waals surface area contributed by atoms with Gasteiger partial charge in [-0.2, -0.15) is 0 Å². The van der Waals surface area contributed by atoms with Crippen LogP contribution in [0.5, 0.6) is 5.75 Å². The molecule has 1 aromatic rings. The average Bonchev–Trinajstić information content (AvgIpc) is 3.17. The lowest BCUT2D eigenvalue weighted by atomic mass is 10.1. The van der Waals surface area contributed by atoms with Crippen molar-refractivity contribution in [1.29, 1.82) is 0 Å². The standard InChI is InChI=1S/C15H20N2O3/c1-10-2-5-14(11(6-10)7-16-12-3-4-12)19-9-13-8-17-15(18)20-13/h2,5-6,12-13,16H,3-4,7-9H2,1H3,(H,17,18). The van der Waals surface area contributed by atoms with E-state index in [9.17, 15) is 4.79 Å². The number of amides is 1. The molecule has 108 valence electrons. The third kappa shape index (κ3) is 3.42. The van der Waals surface area contributed by atoms with Crippen molar-refractivity contribution in [2.45, 2.75) is 38.5 Å². The van der Waals surface area contributed by atoms with Gasteiger partial charge in [0.15, 0.2) is 6.10 Å². The summed E-state index contributed by atoms with van der Waals surface area (Å²) in [5.74, 6) is 0.867. The molecule has 20 heavy (non-hydrogen) atoms. The van der Waals surface area contributed by atoms with Crippen LogP contribution < -0.4 is 15.4 Å². The summed E-state index contributed by atoms with van der Waals surface area (Å²) >= 11 is 0. The predicted molar refractivity (Wildman–Crippen MR) is 74.8 cm³/mol. The van der Waals surface area contributed by atoms with E-state index in [0.29, 0.717) is 19.2 Å². The van der Waals surface area contributed by atoms with Crippen molar-refractivity contribution < 1.29 is 14.3 Å². The summed E-state index contributed by atoms with van der Waals surface area (Å²) in [4.78, 5) is 11.0. The number of cyclic esters (lactones) is 1. The number of aryl methyl sites for hydroxylation is 1. The first-order chi connectivity index (χ1) is 9.70. The van der Waals surface area contributed by atoms with Gasteiger partial charge in [0.2, 0.25) is 0 Å². The fourth-order valence-corrected chi connectivity index (χ4v) is 2.24. The molecule has 2 fully saturated rings. The number of alkyl carbamates (subject to hydrolysis) is 1. The van der Waals surface area contributed by atoms with Gasteiger partial charge in [-0.3, -0.25) is 0 Å². The molecule has 0 aromatic heterocycles. The molecular weight excluding hydrogens is 256 g/mol. The molecule has 0 bridgehead atoms. The van der Waals surface area contributed by atoms with Gasteiger partial charge in [0.25, 0.3) is 0 Å². The number of rotatable bonds is 6. The minimum absolute atomic E-state index is 0.201. The zero-order valence-electron chi connectivity index (χ0n) is 11.6. The maximum absolute atomic E-state index is 11.0. The lowest BCUT2D eigenvalue weighted by Gasteiger charge is -2.15. The molecule has 2 N–H and O–H groups in total. The van der Waals surface area contributed by atoms with E-state index in [1.54, 1.807) is 0 Å². The van der Waals surface area contributed by atoms with Gasteiger partial charge < -0.3 is 20.1 Å². The highest BCUT2D eigenvalue weighted by atomic mass is 16.6. The molecule has 1 amide bonds. The Morgan fingerprint density at radius 3 is 3.00 bits per heavy atom. The Kier molecular flexibility index (Phi) is 3.78. The highest BCUT2D eigenvalue weighted by molar-refractivity contribution is 5.69. The second kappa shape index (κ2) is 5.71. The van der Waals surface area contributed by atoms with Crippen molar-refractivity contribution in [3.05, 3.63) is 29.3 Å². The van der Waals surface area contributed by atoms with Gasteiger partial charge >= 0.3 is 6.09 Å². The van der Waals surface area contributed by atoms with Gasteiger partial charge in [-0.05, 0) is 25.8 Å². The van der Waals surface area contributed by atoms with Crippen LogP contribution in [0.3, 0.4) is 0 Å². The zero-order valence-corrected chi connectivity index (χ0v) is 11.6. The molecule has 1 aliphatic heterocycles. The van der Waals surface area contributed by atoms with Gasteiger partial charge in [0.05, 0.1) is 6.54 Å². The van der Waals surface area contributed by atoms with E-state index < -0.39 is 0 Å². The normalized spacial score (nSPS) is 21.4. The number of hydrogen-bond donors (Lipinski definition) is 2. The topological polar surface area (TPSA) is 59.6 Å². The average molecular weight is 276 g/mol. The minimum atomic E-state index is -0.363. The summed E-state index contributed by atoms with van der Waals surface area (Å²) in [5, 5.41) is 6.12. The third-order valence-corrected chi connectivity index (χ3v) is 3.55. The number of benzene rings is 1. The molecule has 3 rings (SSSR count). The van der Waals surface area contributed by atoms with Crippen LogP contribution in [-0.4, -0.2) is 31.4 Å². The summed E-state index contributed by atoms with van der Waals surface area (Å²) in [5.41, 5.74) is 2.38. The van der Waals surface area contributed by atoms with E-state index in [0.717, 1.165) is 17.9 Å².